The van der Waals surface area contributed by atoms with Gasteiger partial charge in [0, 0.05) is 20.1 Å². The molecular formula is C18H28IN3O3. The molecule has 25 heavy (non-hydrogen) atoms. The van der Waals surface area contributed by atoms with Crippen molar-refractivity contribution in [1.29, 1.82) is 0 Å². The molecule has 0 bridgehead atoms. The molecule has 0 spiro atoms. The lowest BCUT2D eigenvalue weighted by Crippen LogP contribution is -2.47. The van der Waals surface area contributed by atoms with E-state index < -0.39 is 0 Å². The van der Waals surface area contributed by atoms with Gasteiger partial charge < -0.3 is 19.7 Å². The fraction of sp³-hybridized carbons (Fsp3) is 0.556. The Labute approximate surface area is 167 Å². The first kappa shape index (κ1) is 21.5. The standard InChI is InChI=1S/C18H27N3O3.HI/c1-3-23-17(22)15-9-12-21(13-10-15)18(19-2)20-11-14-24-16-7-5-4-6-8-16;/h4-8,15H,3,9-14H2,1-2H3,(H,19,20);1H. The van der Waals surface area contributed by atoms with Gasteiger partial charge in [-0.15, -0.1) is 24.0 Å². The summed E-state index contributed by atoms with van der Waals surface area (Å²) >= 11 is 0. The zero-order chi connectivity index (χ0) is 17.2. The van der Waals surface area contributed by atoms with Gasteiger partial charge in [-0.2, -0.15) is 0 Å². The van der Waals surface area contributed by atoms with Crippen LogP contribution in [0.25, 0.3) is 0 Å². The van der Waals surface area contributed by atoms with Crippen LogP contribution in [0.15, 0.2) is 35.3 Å². The Bertz CT molecular complexity index is 532. The minimum absolute atomic E-state index is 0. The molecule has 2 rings (SSSR count). The average Bonchev–Trinajstić information content (AvgIpc) is 2.63. The summed E-state index contributed by atoms with van der Waals surface area (Å²) in [4.78, 5) is 18.3. The number of carbonyl (C=O) groups excluding carboxylic acids is 1. The molecule has 0 saturated carbocycles. The highest BCUT2D eigenvalue weighted by molar-refractivity contribution is 14.0. The number of hydrogen-bond acceptors (Lipinski definition) is 4. The predicted molar refractivity (Wildman–Crippen MR) is 110 cm³/mol. The van der Waals surface area contributed by atoms with Crippen molar-refractivity contribution in [3.8, 4) is 5.75 Å². The molecule has 1 aliphatic heterocycles. The summed E-state index contributed by atoms with van der Waals surface area (Å²) in [7, 11) is 1.78. The maximum Gasteiger partial charge on any atom is 0.309 e. The number of hydrogen-bond donors (Lipinski definition) is 1. The molecule has 1 heterocycles. The van der Waals surface area contributed by atoms with Crippen molar-refractivity contribution in [2.45, 2.75) is 19.8 Å². The van der Waals surface area contributed by atoms with E-state index in [4.69, 9.17) is 9.47 Å². The molecule has 1 N–H and O–H groups in total. The molecule has 0 atom stereocenters. The summed E-state index contributed by atoms with van der Waals surface area (Å²) < 4.78 is 10.8. The molecule has 140 valence electrons. The van der Waals surface area contributed by atoms with Crippen LogP contribution in [-0.4, -0.2) is 56.7 Å². The van der Waals surface area contributed by atoms with Crippen LogP contribution in [0.1, 0.15) is 19.8 Å². The second-order valence-electron chi connectivity index (χ2n) is 5.65. The smallest absolute Gasteiger partial charge is 0.309 e. The molecule has 7 heteroatoms. The van der Waals surface area contributed by atoms with Gasteiger partial charge in [0.25, 0.3) is 0 Å². The van der Waals surface area contributed by atoms with Crippen LogP contribution in [0.5, 0.6) is 5.75 Å². The number of ether oxygens (including phenoxy) is 2. The Balaban J connectivity index is 0.00000312. The van der Waals surface area contributed by atoms with Gasteiger partial charge in [-0.25, -0.2) is 0 Å². The lowest BCUT2D eigenvalue weighted by molar-refractivity contribution is -0.149. The fourth-order valence-corrected chi connectivity index (χ4v) is 2.77. The van der Waals surface area contributed by atoms with Crippen LogP contribution < -0.4 is 10.1 Å². The maximum atomic E-state index is 11.8. The number of aliphatic imine (C=N–C) groups is 1. The number of carbonyl (C=O) groups is 1. The molecule has 6 nitrogen and oxygen atoms in total. The number of halogens is 1. The normalized spacial score (nSPS) is 15.3. The van der Waals surface area contributed by atoms with E-state index in [9.17, 15) is 4.79 Å². The van der Waals surface area contributed by atoms with E-state index >= 15 is 0 Å². The third kappa shape index (κ3) is 7.09. The molecule has 0 aliphatic carbocycles. The first-order chi connectivity index (χ1) is 11.7. The summed E-state index contributed by atoms with van der Waals surface area (Å²) in [5, 5.41) is 3.31. The van der Waals surface area contributed by atoms with Gasteiger partial charge >= 0.3 is 5.97 Å². The second kappa shape index (κ2) is 11.9. The molecule has 1 saturated heterocycles. The van der Waals surface area contributed by atoms with E-state index in [1.54, 1.807) is 7.05 Å². The van der Waals surface area contributed by atoms with Gasteiger partial charge in [-0.1, -0.05) is 18.2 Å². The molecule has 1 aromatic carbocycles. The number of nitrogens with one attached hydrogen (secondary N) is 1. The van der Waals surface area contributed by atoms with Gasteiger partial charge in [-0.3, -0.25) is 9.79 Å². The zero-order valence-corrected chi connectivity index (χ0v) is 17.3. The van der Waals surface area contributed by atoms with E-state index in [0.29, 0.717) is 19.8 Å². The quantitative estimate of drug-likeness (QED) is 0.232. The van der Waals surface area contributed by atoms with Gasteiger partial charge in [0.2, 0.25) is 0 Å². The number of para-hydroxylation sites is 1. The largest absolute Gasteiger partial charge is 0.492 e. The summed E-state index contributed by atoms with van der Waals surface area (Å²) in [5.41, 5.74) is 0. The lowest BCUT2D eigenvalue weighted by atomic mass is 9.97. The highest BCUT2D eigenvalue weighted by Gasteiger charge is 2.27. The Morgan fingerprint density at radius 2 is 1.96 bits per heavy atom. The number of esters is 1. The minimum atomic E-state index is -0.0728. The Kier molecular flexibility index (Phi) is 10.3. The van der Waals surface area contributed by atoms with Crippen LogP contribution in [0, 0.1) is 5.92 Å². The van der Waals surface area contributed by atoms with E-state index in [0.717, 1.165) is 37.6 Å². The van der Waals surface area contributed by atoms with Crippen molar-refractivity contribution >= 4 is 35.9 Å². The molecule has 1 aliphatic rings. The average molecular weight is 461 g/mol. The van der Waals surface area contributed by atoms with Crippen molar-refractivity contribution in [2.24, 2.45) is 10.9 Å². The van der Waals surface area contributed by atoms with Crippen LogP contribution >= 0.6 is 24.0 Å². The van der Waals surface area contributed by atoms with Crippen molar-refractivity contribution in [2.75, 3.05) is 39.9 Å². The van der Waals surface area contributed by atoms with Crippen molar-refractivity contribution in [1.82, 2.24) is 10.2 Å². The molecule has 0 radical (unpaired) electrons. The van der Waals surface area contributed by atoms with E-state index in [1.165, 1.54) is 0 Å². The number of likely N-dealkylation sites (tertiary alicyclic amines) is 1. The second-order valence-corrected chi connectivity index (χ2v) is 5.65. The number of piperidine rings is 1. The third-order valence-corrected chi connectivity index (χ3v) is 4.02. The Morgan fingerprint density at radius 1 is 1.28 bits per heavy atom. The van der Waals surface area contributed by atoms with Crippen molar-refractivity contribution in [3.63, 3.8) is 0 Å². The summed E-state index contributed by atoms with van der Waals surface area (Å²) in [6.07, 6.45) is 1.61. The molecular weight excluding hydrogens is 433 g/mol. The topological polar surface area (TPSA) is 63.2 Å². The predicted octanol–water partition coefficient (Wildman–Crippen LogP) is 2.53. The van der Waals surface area contributed by atoms with E-state index in [1.807, 2.05) is 37.3 Å². The lowest BCUT2D eigenvalue weighted by Gasteiger charge is -2.33. The fourth-order valence-electron chi connectivity index (χ4n) is 2.77. The van der Waals surface area contributed by atoms with Gasteiger partial charge in [-0.05, 0) is 31.9 Å². The summed E-state index contributed by atoms with van der Waals surface area (Å²) in [6, 6.07) is 9.75. The first-order valence-electron chi connectivity index (χ1n) is 8.54. The maximum absolute atomic E-state index is 11.8. The Morgan fingerprint density at radius 3 is 2.56 bits per heavy atom. The van der Waals surface area contributed by atoms with Gasteiger partial charge in [0.1, 0.15) is 12.4 Å². The number of rotatable bonds is 6. The van der Waals surface area contributed by atoms with E-state index in [2.05, 4.69) is 15.2 Å². The molecule has 0 aromatic heterocycles. The van der Waals surface area contributed by atoms with E-state index in [-0.39, 0.29) is 35.9 Å². The van der Waals surface area contributed by atoms with Crippen LogP contribution in [-0.2, 0) is 9.53 Å². The van der Waals surface area contributed by atoms with Crippen LogP contribution in [0.2, 0.25) is 0 Å². The minimum Gasteiger partial charge on any atom is -0.492 e. The molecule has 1 fully saturated rings. The highest BCUT2D eigenvalue weighted by Crippen LogP contribution is 2.18. The monoisotopic (exact) mass is 461 g/mol. The summed E-state index contributed by atoms with van der Waals surface area (Å²) in [5.74, 6) is 1.66. The number of benzene rings is 1. The molecule has 0 unspecified atom stereocenters. The van der Waals surface area contributed by atoms with Gasteiger partial charge in [0.15, 0.2) is 5.96 Å². The van der Waals surface area contributed by atoms with Crippen molar-refractivity contribution < 1.29 is 14.3 Å². The highest BCUT2D eigenvalue weighted by atomic mass is 127. The van der Waals surface area contributed by atoms with Crippen molar-refractivity contribution in [3.05, 3.63) is 30.3 Å². The summed E-state index contributed by atoms with van der Waals surface area (Å²) in [6.45, 7) is 5.16. The van der Waals surface area contributed by atoms with Crippen LogP contribution in [0.4, 0.5) is 0 Å². The molecule has 0 amide bonds. The number of guanidine groups is 1. The SMILES string of the molecule is CCOC(=O)C1CCN(C(=NC)NCCOc2ccccc2)CC1.I. The molecule has 1 aromatic rings. The number of nitrogens with zero attached hydrogens (tertiary/aromatic N) is 2. The zero-order valence-electron chi connectivity index (χ0n) is 14.9. The third-order valence-electron chi connectivity index (χ3n) is 4.02. The Hall–Kier alpha value is -1.51. The van der Waals surface area contributed by atoms with Gasteiger partial charge in [0.05, 0.1) is 19.1 Å². The van der Waals surface area contributed by atoms with Crippen LogP contribution in [0.3, 0.4) is 0 Å². The first-order valence-corrected chi connectivity index (χ1v) is 8.54.